The molecule has 1 aliphatic heterocycles. The highest BCUT2D eigenvalue weighted by molar-refractivity contribution is 7.99. The largest absolute Gasteiger partial charge is 0.348 e. The first-order valence-electron chi connectivity index (χ1n) is 8.27. The maximum Gasteiger partial charge on any atom is 0.258 e. The monoisotopic (exact) mass is 346 g/mol. The van der Waals surface area contributed by atoms with Crippen molar-refractivity contribution in [3.05, 3.63) is 40.4 Å². The fourth-order valence-corrected chi connectivity index (χ4v) is 3.64. The molecule has 1 aromatic heterocycles. The molecule has 2 aromatic rings. The molecule has 6 nitrogen and oxygen atoms in total. The molecule has 1 saturated heterocycles. The molecule has 0 spiro atoms. The Labute approximate surface area is 145 Å². The van der Waals surface area contributed by atoms with Crippen LogP contribution in [0.25, 0.3) is 10.9 Å². The number of benzene rings is 1. The van der Waals surface area contributed by atoms with Crippen LogP contribution in [0.15, 0.2) is 29.1 Å². The van der Waals surface area contributed by atoms with Crippen LogP contribution in [0.3, 0.4) is 0 Å². The van der Waals surface area contributed by atoms with E-state index in [4.69, 9.17) is 0 Å². The molecule has 128 valence electrons. The quantitative estimate of drug-likeness (QED) is 0.741. The summed E-state index contributed by atoms with van der Waals surface area (Å²) < 4.78 is 0. The minimum Gasteiger partial charge on any atom is -0.348 e. The molecule has 3 rings (SSSR count). The minimum atomic E-state index is -0.176. The van der Waals surface area contributed by atoms with Crippen molar-refractivity contribution >= 4 is 28.6 Å². The number of nitrogens with one attached hydrogen (secondary N) is 2. The van der Waals surface area contributed by atoms with Crippen LogP contribution in [0.5, 0.6) is 0 Å². The first-order chi connectivity index (χ1) is 11.7. The Morgan fingerprint density at radius 1 is 1.29 bits per heavy atom. The number of aromatic amines is 1. The Bertz CT molecular complexity index is 756. The van der Waals surface area contributed by atoms with Crippen molar-refractivity contribution in [1.82, 2.24) is 20.2 Å². The Morgan fingerprint density at radius 2 is 2.08 bits per heavy atom. The Morgan fingerprint density at radius 3 is 2.92 bits per heavy atom. The van der Waals surface area contributed by atoms with E-state index in [0.717, 1.165) is 12.3 Å². The summed E-state index contributed by atoms with van der Waals surface area (Å²) in [5.74, 6) is 1.86. The summed E-state index contributed by atoms with van der Waals surface area (Å²) in [6.07, 6.45) is 2.59. The van der Waals surface area contributed by atoms with E-state index < -0.39 is 0 Å². The molecular weight excluding hydrogens is 324 g/mol. The molecule has 1 aliphatic rings. The zero-order valence-electron chi connectivity index (χ0n) is 13.6. The van der Waals surface area contributed by atoms with E-state index in [1.807, 2.05) is 6.07 Å². The van der Waals surface area contributed by atoms with Crippen molar-refractivity contribution in [2.75, 3.05) is 31.1 Å². The van der Waals surface area contributed by atoms with Crippen LogP contribution >= 0.6 is 11.8 Å². The van der Waals surface area contributed by atoms with Gasteiger partial charge in [0.1, 0.15) is 5.82 Å². The molecule has 0 atom stereocenters. The lowest BCUT2D eigenvalue weighted by molar-refractivity contribution is -0.118. The number of likely N-dealkylation sites (tertiary alicyclic amines) is 1. The van der Waals surface area contributed by atoms with E-state index in [0.29, 0.717) is 22.5 Å². The van der Waals surface area contributed by atoms with Crippen LogP contribution in [-0.2, 0) is 11.3 Å². The van der Waals surface area contributed by atoms with Crippen LogP contribution in [-0.4, -0.2) is 51.9 Å². The maximum absolute atomic E-state index is 12.0. The summed E-state index contributed by atoms with van der Waals surface area (Å²) in [5, 5.41) is 3.37. The SMILES string of the molecule is O=C(CSCCN1CCCC1)NCc1nc2ccccc2c(=O)[nH]1. The standard InChI is InChI=1S/C17H22N4O2S/c22-16(12-24-10-9-21-7-3-4-8-21)18-11-15-19-14-6-2-1-5-13(14)17(23)20-15/h1-2,5-6H,3-4,7-12H2,(H,18,22)(H,19,20,23). The molecule has 0 radical (unpaired) electrons. The number of amides is 1. The number of carbonyl (C=O) groups is 1. The van der Waals surface area contributed by atoms with Gasteiger partial charge in [-0.15, -0.1) is 0 Å². The zero-order valence-corrected chi connectivity index (χ0v) is 14.4. The Kier molecular flexibility index (Phi) is 5.87. The summed E-state index contributed by atoms with van der Waals surface area (Å²) >= 11 is 1.64. The molecule has 0 bridgehead atoms. The number of thioether (sulfide) groups is 1. The number of nitrogens with zero attached hydrogens (tertiary/aromatic N) is 2. The van der Waals surface area contributed by atoms with Gasteiger partial charge in [-0.05, 0) is 38.1 Å². The first-order valence-corrected chi connectivity index (χ1v) is 9.42. The summed E-state index contributed by atoms with van der Waals surface area (Å²) in [7, 11) is 0. The van der Waals surface area contributed by atoms with Gasteiger partial charge in [0.15, 0.2) is 0 Å². The van der Waals surface area contributed by atoms with Gasteiger partial charge in [0.2, 0.25) is 5.91 Å². The van der Waals surface area contributed by atoms with Crippen LogP contribution in [0.4, 0.5) is 0 Å². The van der Waals surface area contributed by atoms with Crippen LogP contribution in [0.1, 0.15) is 18.7 Å². The molecule has 1 aromatic carbocycles. The number of hydrogen-bond donors (Lipinski definition) is 2. The van der Waals surface area contributed by atoms with Gasteiger partial charge in [-0.2, -0.15) is 11.8 Å². The number of fused-ring (bicyclic) bond motifs is 1. The molecule has 2 N–H and O–H groups in total. The predicted molar refractivity (Wildman–Crippen MR) is 97.2 cm³/mol. The zero-order chi connectivity index (χ0) is 16.8. The van der Waals surface area contributed by atoms with Gasteiger partial charge in [0.25, 0.3) is 5.56 Å². The van der Waals surface area contributed by atoms with E-state index in [2.05, 4.69) is 20.2 Å². The maximum atomic E-state index is 12.0. The van der Waals surface area contributed by atoms with Crippen molar-refractivity contribution in [3.8, 4) is 0 Å². The smallest absolute Gasteiger partial charge is 0.258 e. The highest BCUT2D eigenvalue weighted by atomic mass is 32.2. The molecule has 0 aliphatic carbocycles. The molecule has 7 heteroatoms. The average molecular weight is 346 g/mol. The van der Waals surface area contributed by atoms with Gasteiger partial charge in [-0.25, -0.2) is 4.98 Å². The van der Waals surface area contributed by atoms with Crippen molar-refractivity contribution in [2.45, 2.75) is 19.4 Å². The van der Waals surface area contributed by atoms with Gasteiger partial charge >= 0.3 is 0 Å². The van der Waals surface area contributed by atoms with Crippen molar-refractivity contribution in [1.29, 1.82) is 0 Å². The van der Waals surface area contributed by atoms with E-state index in [1.54, 1.807) is 30.0 Å². The van der Waals surface area contributed by atoms with E-state index >= 15 is 0 Å². The number of hydrogen-bond acceptors (Lipinski definition) is 5. The highest BCUT2D eigenvalue weighted by Crippen LogP contribution is 2.09. The molecule has 1 amide bonds. The number of aromatic nitrogens is 2. The first kappa shape index (κ1) is 17.0. The molecule has 1 fully saturated rings. The topological polar surface area (TPSA) is 78.1 Å². The minimum absolute atomic E-state index is 0.0303. The van der Waals surface area contributed by atoms with Gasteiger partial charge < -0.3 is 15.2 Å². The summed E-state index contributed by atoms with van der Waals surface area (Å²) in [4.78, 5) is 33.4. The molecular formula is C17H22N4O2S. The fraction of sp³-hybridized carbons (Fsp3) is 0.471. The third-order valence-corrected chi connectivity index (χ3v) is 5.04. The Hall–Kier alpha value is -1.86. The van der Waals surface area contributed by atoms with Crippen LogP contribution < -0.4 is 10.9 Å². The lowest BCUT2D eigenvalue weighted by Gasteiger charge is -2.13. The third-order valence-electron chi connectivity index (χ3n) is 4.10. The number of carbonyl (C=O) groups excluding carboxylic acids is 1. The summed E-state index contributed by atoms with van der Waals surface area (Å²) in [6, 6.07) is 7.18. The highest BCUT2D eigenvalue weighted by Gasteiger charge is 2.11. The van der Waals surface area contributed by atoms with Gasteiger partial charge in [-0.3, -0.25) is 9.59 Å². The van der Waals surface area contributed by atoms with Crippen LogP contribution in [0, 0.1) is 0 Å². The van der Waals surface area contributed by atoms with Crippen molar-refractivity contribution in [3.63, 3.8) is 0 Å². The van der Waals surface area contributed by atoms with E-state index in [1.165, 1.54) is 25.9 Å². The van der Waals surface area contributed by atoms with Gasteiger partial charge in [-0.1, -0.05) is 12.1 Å². The van der Waals surface area contributed by atoms with E-state index in [9.17, 15) is 9.59 Å². The van der Waals surface area contributed by atoms with Gasteiger partial charge in [0, 0.05) is 12.3 Å². The fourth-order valence-electron chi connectivity index (χ4n) is 2.82. The second-order valence-electron chi connectivity index (χ2n) is 5.91. The molecule has 2 heterocycles. The van der Waals surface area contributed by atoms with Crippen molar-refractivity contribution < 1.29 is 4.79 Å². The number of H-pyrrole nitrogens is 1. The number of rotatable bonds is 7. The van der Waals surface area contributed by atoms with E-state index in [-0.39, 0.29) is 18.0 Å². The normalized spacial score (nSPS) is 15.0. The lowest BCUT2D eigenvalue weighted by Crippen LogP contribution is -2.28. The third kappa shape index (κ3) is 4.58. The second-order valence-corrected chi connectivity index (χ2v) is 7.01. The average Bonchev–Trinajstić information content (AvgIpc) is 3.10. The summed E-state index contributed by atoms with van der Waals surface area (Å²) in [5.41, 5.74) is 0.468. The summed E-state index contributed by atoms with van der Waals surface area (Å²) in [6.45, 7) is 3.67. The van der Waals surface area contributed by atoms with Crippen LogP contribution in [0.2, 0.25) is 0 Å². The second kappa shape index (κ2) is 8.30. The molecule has 0 saturated carbocycles. The number of para-hydroxylation sites is 1. The van der Waals surface area contributed by atoms with Gasteiger partial charge in [0.05, 0.1) is 23.2 Å². The predicted octanol–water partition coefficient (Wildman–Crippen LogP) is 1.37. The molecule has 0 unspecified atom stereocenters. The van der Waals surface area contributed by atoms with Crippen molar-refractivity contribution in [2.24, 2.45) is 0 Å². The lowest BCUT2D eigenvalue weighted by atomic mass is 10.2. The molecule has 24 heavy (non-hydrogen) atoms. The Balaban J connectivity index is 1.43.